The lowest BCUT2D eigenvalue weighted by atomic mass is 10.1. The van der Waals surface area contributed by atoms with E-state index in [1.807, 2.05) is 11.0 Å². The van der Waals surface area contributed by atoms with Crippen LogP contribution in [0.5, 0.6) is 0 Å². The van der Waals surface area contributed by atoms with Crippen molar-refractivity contribution >= 4 is 11.6 Å². The van der Waals surface area contributed by atoms with E-state index in [0.717, 1.165) is 38.0 Å². The van der Waals surface area contributed by atoms with Crippen LogP contribution in [-0.2, 0) is 0 Å². The van der Waals surface area contributed by atoms with Gasteiger partial charge in [0, 0.05) is 38.4 Å². The summed E-state index contributed by atoms with van der Waals surface area (Å²) in [5.74, 6) is 0.0484. The van der Waals surface area contributed by atoms with Crippen LogP contribution in [0.25, 0.3) is 5.65 Å². The molecular weight excluding hydrogens is 294 g/mol. The highest BCUT2D eigenvalue weighted by Gasteiger charge is 2.33. The van der Waals surface area contributed by atoms with Gasteiger partial charge < -0.3 is 10.0 Å². The summed E-state index contributed by atoms with van der Waals surface area (Å²) in [6.07, 6.45) is 6.26. The molecule has 122 valence electrons. The van der Waals surface area contributed by atoms with Crippen LogP contribution in [0.4, 0.5) is 0 Å². The van der Waals surface area contributed by atoms with Crippen molar-refractivity contribution in [2.45, 2.75) is 31.4 Å². The van der Waals surface area contributed by atoms with Gasteiger partial charge >= 0.3 is 0 Å². The van der Waals surface area contributed by atoms with Crippen molar-refractivity contribution in [1.29, 1.82) is 0 Å². The smallest absolute Gasteiger partial charge is 0.255 e. The van der Waals surface area contributed by atoms with E-state index in [1.165, 1.54) is 0 Å². The van der Waals surface area contributed by atoms with E-state index in [2.05, 4.69) is 15.1 Å². The molecule has 0 bridgehead atoms. The number of hydrogen-bond donors (Lipinski definition) is 1. The molecule has 2 aromatic heterocycles. The summed E-state index contributed by atoms with van der Waals surface area (Å²) in [6.45, 7) is 3.09. The van der Waals surface area contributed by atoms with Crippen LogP contribution in [0.2, 0.25) is 0 Å². The molecule has 4 rings (SSSR count). The minimum absolute atomic E-state index is 0.0484. The van der Waals surface area contributed by atoms with E-state index >= 15 is 0 Å². The van der Waals surface area contributed by atoms with Gasteiger partial charge in [0.15, 0.2) is 5.65 Å². The predicted molar refractivity (Wildman–Crippen MR) is 84.1 cm³/mol. The van der Waals surface area contributed by atoms with Crippen molar-refractivity contribution in [2.75, 3.05) is 26.2 Å². The molecule has 1 aliphatic heterocycles. The number of aliphatic hydroxyl groups excluding tert-OH is 1. The summed E-state index contributed by atoms with van der Waals surface area (Å²) in [7, 11) is 0. The van der Waals surface area contributed by atoms with Crippen LogP contribution in [0.15, 0.2) is 24.7 Å². The highest BCUT2D eigenvalue weighted by Crippen LogP contribution is 2.25. The largest absolute Gasteiger partial charge is 0.391 e. The maximum Gasteiger partial charge on any atom is 0.255 e. The van der Waals surface area contributed by atoms with Gasteiger partial charge in [-0.1, -0.05) is 0 Å². The fourth-order valence-electron chi connectivity index (χ4n) is 3.74. The van der Waals surface area contributed by atoms with Crippen molar-refractivity contribution in [2.24, 2.45) is 0 Å². The lowest BCUT2D eigenvalue weighted by Gasteiger charge is -2.39. The fraction of sp³-hybridized carbons (Fsp3) is 0.562. The Morgan fingerprint density at radius 2 is 2.00 bits per heavy atom. The lowest BCUT2D eigenvalue weighted by molar-refractivity contribution is 0.0315. The first-order chi connectivity index (χ1) is 11.2. The molecule has 7 heteroatoms. The Bertz CT molecular complexity index is 707. The molecule has 1 saturated heterocycles. The van der Waals surface area contributed by atoms with E-state index in [9.17, 15) is 9.90 Å². The van der Waals surface area contributed by atoms with Crippen molar-refractivity contribution in [3.8, 4) is 0 Å². The Balaban J connectivity index is 1.42. The molecule has 1 N–H and O–H groups in total. The minimum atomic E-state index is -0.201. The van der Waals surface area contributed by atoms with Crippen LogP contribution in [-0.4, -0.2) is 73.7 Å². The molecule has 1 aliphatic carbocycles. The minimum Gasteiger partial charge on any atom is -0.391 e. The normalized spacial score (nSPS) is 26.0. The van der Waals surface area contributed by atoms with Gasteiger partial charge in [0.2, 0.25) is 0 Å². The third kappa shape index (κ3) is 2.70. The Hall–Kier alpha value is -1.99. The number of fused-ring (bicyclic) bond motifs is 1. The zero-order chi connectivity index (χ0) is 15.8. The van der Waals surface area contributed by atoms with Crippen molar-refractivity contribution in [3.63, 3.8) is 0 Å². The zero-order valence-electron chi connectivity index (χ0n) is 13.0. The molecule has 2 atom stereocenters. The van der Waals surface area contributed by atoms with Crippen LogP contribution >= 0.6 is 0 Å². The summed E-state index contributed by atoms with van der Waals surface area (Å²) >= 11 is 0. The molecule has 2 aromatic rings. The van der Waals surface area contributed by atoms with Gasteiger partial charge in [-0.15, -0.1) is 10.2 Å². The number of carbonyl (C=O) groups excluding carboxylic acids is 1. The molecule has 1 saturated carbocycles. The first-order valence-electron chi connectivity index (χ1n) is 8.23. The molecule has 23 heavy (non-hydrogen) atoms. The fourth-order valence-corrected chi connectivity index (χ4v) is 3.74. The van der Waals surface area contributed by atoms with Crippen LogP contribution in [0, 0.1) is 0 Å². The molecule has 7 nitrogen and oxygen atoms in total. The molecule has 0 aromatic carbocycles. The van der Waals surface area contributed by atoms with Gasteiger partial charge in [-0.25, -0.2) is 0 Å². The lowest BCUT2D eigenvalue weighted by Crippen LogP contribution is -2.53. The predicted octanol–water partition coefficient (Wildman–Crippen LogP) is 0.401. The molecule has 3 heterocycles. The number of aliphatic hydroxyl groups is 1. The van der Waals surface area contributed by atoms with Crippen molar-refractivity contribution in [1.82, 2.24) is 24.4 Å². The Labute approximate surface area is 134 Å². The molecule has 2 fully saturated rings. The maximum atomic E-state index is 12.7. The standard InChI is InChI=1S/C16H21N5O2/c22-14-3-1-2-13(14)19-6-8-20(9-7-19)16(23)12-4-5-15-18-17-11-21(15)10-12/h4-5,10-11,13-14,22H,1-3,6-9H2/t13-,14+/m1/s1. The molecular formula is C16H21N5O2. The molecule has 1 amide bonds. The molecule has 0 radical (unpaired) electrons. The third-order valence-corrected chi connectivity index (χ3v) is 5.05. The summed E-state index contributed by atoms with van der Waals surface area (Å²) in [6, 6.07) is 3.89. The Morgan fingerprint density at radius 3 is 2.74 bits per heavy atom. The van der Waals surface area contributed by atoms with Crippen molar-refractivity contribution < 1.29 is 9.90 Å². The number of amides is 1. The van der Waals surface area contributed by atoms with Gasteiger partial charge in [0.05, 0.1) is 11.7 Å². The highest BCUT2D eigenvalue weighted by atomic mass is 16.3. The Morgan fingerprint density at radius 1 is 1.17 bits per heavy atom. The molecule has 0 unspecified atom stereocenters. The van der Waals surface area contributed by atoms with Gasteiger partial charge in [-0.2, -0.15) is 0 Å². The maximum absolute atomic E-state index is 12.7. The van der Waals surface area contributed by atoms with E-state index < -0.39 is 0 Å². The van der Waals surface area contributed by atoms with Crippen LogP contribution in [0.1, 0.15) is 29.6 Å². The second-order valence-electron chi connectivity index (χ2n) is 6.41. The molecule has 0 spiro atoms. The van der Waals surface area contributed by atoms with Crippen LogP contribution in [0.3, 0.4) is 0 Å². The van der Waals surface area contributed by atoms with E-state index in [1.54, 1.807) is 23.0 Å². The van der Waals surface area contributed by atoms with E-state index in [0.29, 0.717) is 18.7 Å². The number of nitrogens with zero attached hydrogens (tertiary/aromatic N) is 5. The number of piperazine rings is 1. The zero-order valence-corrected chi connectivity index (χ0v) is 13.0. The quantitative estimate of drug-likeness (QED) is 0.868. The topological polar surface area (TPSA) is 74.0 Å². The van der Waals surface area contributed by atoms with Crippen molar-refractivity contribution in [3.05, 3.63) is 30.2 Å². The van der Waals surface area contributed by atoms with Gasteiger partial charge in [0.1, 0.15) is 6.33 Å². The number of rotatable bonds is 2. The summed E-state index contributed by atoms with van der Waals surface area (Å²) in [5, 5.41) is 17.8. The second-order valence-corrected chi connectivity index (χ2v) is 6.41. The highest BCUT2D eigenvalue weighted by molar-refractivity contribution is 5.94. The average Bonchev–Trinajstić information content (AvgIpc) is 3.22. The summed E-state index contributed by atoms with van der Waals surface area (Å²) < 4.78 is 1.76. The number of hydrogen-bond acceptors (Lipinski definition) is 5. The van der Waals surface area contributed by atoms with E-state index in [4.69, 9.17) is 0 Å². The van der Waals surface area contributed by atoms with Crippen LogP contribution < -0.4 is 0 Å². The summed E-state index contributed by atoms with van der Waals surface area (Å²) in [5.41, 5.74) is 1.40. The summed E-state index contributed by atoms with van der Waals surface area (Å²) in [4.78, 5) is 16.9. The first kappa shape index (κ1) is 14.6. The SMILES string of the molecule is O=C(c1ccc2nncn2c1)N1CCN([C@@H]2CCC[C@@H]2O)CC1. The first-order valence-corrected chi connectivity index (χ1v) is 8.23. The van der Waals surface area contributed by atoms with E-state index in [-0.39, 0.29) is 18.1 Å². The second kappa shape index (κ2) is 5.90. The number of carbonyl (C=O) groups is 1. The third-order valence-electron chi connectivity index (χ3n) is 5.05. The monoisotopic (exact) mass is 315 g/mol. The average molecular weight is 315 g/mol. The Kier molecular flexibility index (Phi) is 3.74. The van der Waals surface area contributed by atoms with Gasteiger partial charge in [-0.05, 0) is 31.4 Å². The number of aromatic nitrogens is 3. The van der Waals surface area contributed by atoms with Gasteiger partial charge in [-0.3, -0.25) is 14.1 Å². The number of pyridine rings is 1. The van der Waals surface area contributed by atoms with Gasteiger partial charge in [0.25, 0.3) is 5.91 Å². The molecule has 2 aliphatic rings.